The zero-order valence-corrected chi connectivity index (χ0v) is 17.0. The molecule has 0 aliphatic carbocycles. The van der Waals surface area contributed by atoms with Crippen molar-refractivity contribution >= 4 is 32.9 Å². The van der Waals surface area contributed by atoms with Crippen LogP contribution in [0.25, 0.3) is 10.4 Å². The molecule has 1 aromatic heterocycles. The van der Waals surface area contributed by atoms with Gasteiger partial charge in [-0.1, -0.05) is 12.1 Å². The van der Waals surface area contributed by atoms with E-state index in [0.717, 1.165) is 16.7 Å². The van der Waals surface area contributed by atoms with Gasteiger partial charge in [0.1, 0.15) is 4.75 Å². The molecular formula is C19H23NO4S2. The highest BCUT2D eigenvalue weighted by atomic mass is 32.2. The van der Waals surface area contributed by atoms with Gasteiger partial charge in [-0.2, -0.15) is 0 Å². The van der Waals surface area contributed by atoms with Crippen LogP contribution in [0.1, 0.15) is 35.5 Å². The molecule has 0 aliphatic rings. The van der Waals surface area contributed by atoms with Gasteiger partial charge in [0.15, 0.2) is 15.6 Å². The smallest absolute Gasteiger partial charge is 0.251 e. The van der Waals surface area contributed by atoms with E-state index in [1.807, 2.05) is 25.1 Å². The molecule has 0 saturated heterocycles. The zero-order chi connectivity index (χ0) is 19.5. The maximum Gasteiger partial charge on any atom is 0.251 e. The molecule has 140 valence electrons. The van der Waals surface area contributed by atoms with Gasteiger partial charge in [0.25, 0.3) is 5.91 Å². The fourth-order valence-corrected chi connectivity index (χ4v) is 4.38. The molecule has 1 heterocycles. The van der Waals surface area contributed by atoms with Gasteiger partial charge in [-0.3, -0.25) is 9.59 Å². The van der Waals surface area contributed by atoms with Crippen LogP contribution in [-0.4, -0.2) is 37.7 Å². The van der Waals surface area contributed by atoms with Crippen molar-refractivity contribution in [3.05, 3.63) is 46.8 Å². The van der Waals surface area contributed by atoms with Gasteiger partial charge in [-0.15, -0.1) is 11.3 Å². The number of hydrogen-bond acceptors (Lipinski definition) is 5. The number of amides is 1. The lowest BCUT2D eigenvalue weighted by atomic mass is 10.0. The monoisotopic (exact) mass is 393 g/mol. The predicted octanol–water partition coefficient (Wildman–Crippen LogP) is 3.24. The summed E-state index contributed by atoms with van der Waals surface area (Å²) in [6.45, 7) is 4.80. The summed E-state index contributed by atoms with van der Waals surface area (Å²) < 4.78 is 22.3. The van der Waals surface area contributed by atoms with Crippen LogP contribution in [0.3, 0.4) is 0 Å². The van der Waals surface area contributed by atoms with Crippen molar-refractivity contribution in [1.82, 2.24) is 5.32 Å². The molecule has 7 heteroatoms. The average Bonchev–Trinajstić information content (AvgIpc) is 3.00. The minimum absolute atomic E-state index is 0.0411. The molecule has 2 rings (SSSR count). The molecule has 0 spiro atoms. The lowest BCUT2D eigenvalue weighted by molar-refractivity contribution is -0.119. The number of ketones is 1. The Labute approximate surface area is 158 Å². The van der Waals surface area contributed by atoms with Crippen molar-refractivity contribution in [2.45, 2.75) is 31.9 Å². The number of aryl methyl sites for hydroxylation is 1. The molecule has 1 unspecified atom stereocenters. The third-order valence-corrected chi connectivity index (χ3v) is 7.80. The Bertz CT molecular complexity index is 913. The van der Waals surface area contributed by atoms with Crippen LogP contribution in [0.5, 0.6) is 0 Å². The SMILES string of the molecule is CC(=O)C(C)(CCNC(=O)c1ccc(-c2ccc(C)s2)cc1)S(C)(=O)=O. The van der Waals surface area contributed by atoms with E-state index in [1.54, 1.807) is 23.5 Å². The molecule has 26 heavy (non-hydrogen) atoms. The molecule has 0 fully saturated rings. The van der Waals surface area contributed by atoms with Crippen molar-refractivity contribution < 1.29 is 18.0 Å². The van der Waals surface area contributed by atoms with Crippen molar-refractivity contribution in [2.75, 3.05) is 12.8 Å². The maximum absolute atomic E-state index is 12.3. The first kappa shape index (κ1) is 20.3. The highest BCUT2D eigenvalue weighted by Gasteiger charge is 2.40. The standard InChI is InChI=1S/C19H23NO4S2/c1-13-5-10-17(25-13)15-6-8-16(9-7-15)18(22)20-12-11-19(3,14(2)21)26(4,23)24/h5-10H,11-12H2,1-4H3,(H,20,22). The summed E-state index contributed by atoms with van der Waals surface area (Å²) in [5.74, 6) is -0.719. The molecular weight excluding hydrogens is 370 g/mol. The van der Waals surface area contributed by atoms with Crippen LogP contribution in [0.4, 0.5) is 0 Å². The number of Topliss-reactive ketones (excluding diaryl/α,β-unsaturated/α-hetero) is 1. The topological polar surface area (TPSA) is 80.3 Å². The summed E-state index contributed by atoms with van der Waals surface area (Å²) >= 11 is 1.69. The third-order valence-electron chi connectivity index (χ3n) is 4.62. The minimum Gasteiger partial charge on any atom is -0.352 e. The molecule has 0 aliphatic heterocycles. The van der Waals surface area contributed by atoms with Crippen LogP contribution >= 0.6 is 11.3 Å². The quantitative estimate of drug-likeness (QED) is 0.783. The number of carbonyl (C=O) groups is 2. The predicted molar refractivity (Wildman–Crippen MR) is 105 cm³/mol. The van der Waals surface area contributed by atoms with E-state index in [-0.39, 0.29) is 18.9 Å². The summed E-state index contributed by atoms with van der Waals surface area (Å²) in [4.78, 5) is 26.4. The van der Waals surface area contributed by atoms with Gasteiger partial charge in [-0.25, -0.2) is 8.42 Å². The van der Waals surface area contributed by atoms with Crippen LogP contribution < -0.4 is 5.32 Å². The molecule has 0 radical (unpaired) electrons. The van der Waals surface area contributed by atoms with Gasteiger partial charge in [0.05, 0.1) is 0 Å². The fraction of sp³-hybridized carbons (Fsp3) is 0.368. The Morgan fingerprint density at radius 1 is 1.12 bits per heavy atom. The van der Waals surface area contributed by atoms with Crippen LogP contribution in [0.15, 0.2) is 36.4 Å². The fourth-order valence-electron chi connectivity index (χ4n) is 2.51. The van der Waals surface area contributed by atoms with E-state index in [1.165, 1.54) is 18.7 Å². The first-order valence-electron chi connectivity index (χ1n) is 8.20. The number of hydrogen-bond donors (Lipinski definition) is 1. The largest absolute Gasteiger partial charge is 0.352 e. The molecule has 1 amide bonds. The summed E-state index contributed by atoms with van der Waals surface area (Å²) in [7, 11) is -3.56. The number of nitrogens with one attached hydrogen (secondary N) is 1. The second-order valence-electron chi connectivity index (χ2n) is 6.55. The van der Waals surface area contributed by atoms with E-state index in [4.69, 9.17) is 0 Å². The number of benzene rings is 1. The molecule has 0 bridgehead atoms. The van der Waals surface area contributed by atoms with Crippen LogP contribution in [0, 0.1) is 6.92 Å². The Morgan fingerprint density at radius 2 is 1.73 bits per heavy atom. The molecule has 1 atom stereocenters. The van der Waals surface area contributed by atoms with Gasteiger partial charge in [0.2, 0.25) is 0 Å². The minimum atomic E-state index is -3.56. The second kappa shape index (κ2) is 7.72. The van der Waals surface area contributed by atoms with Gasteiger partial charge < -0.3 is 5.32 Å². The van der Waals surface area contributed by atoms with E-state index in [9.17, 15) is 18.0 Å². The lowest BCUT2D eigenvalue weighted by Crippen LogP contribution is -2.44. The Balaban J connectivity index is 2.01. The first-order valence-corrected chi connectivity index (χ1v) is 10.9. The zero-order valence-electron chi connectivity index (χ0n) is 15.3. The van der Waals surface area contributed by atoms with E-state index in [2.05, 4.69) is 11.4 Å². The number of carbonyl (C=O) groups excluding carboxylic acids is 2. The molecule has 2 aromatic rings. The van der Waals surface area contributed by atoms with Crippen molar-refractivity contribution in [3.63, 3.8) is 0 Å². The molecule has 1 N–H and O–H groups in total. The van der Waals surface area contributed by atoms with E-state index < -0.39 is 20.4 Å². The number of thiophene rings is 1. The second-order valence-corrected chi connectivity index (χ2v) is 10.3. The number of sulfone groups is 1. The summed E-state index contributed by atoms with van der Waals surface area (Å²) in [6, 6.07) is 11.3. The van der Waals surface area contributed by atoms with E-state index in [0.29, 0.717) is 5.56 Å². The van der Waals surface area contributed by atoms with Crippen LogP contribution in [-0.2, 0) is 14.6 Å². The molecule has 1 aromatic carbocycles. The Hall–Kier alpha value is -1.99. The molecule has 5 nitrogen and oxygen atoms in total. The lowest BCUT2D eigenvalue weighted by Gasteiger charge is -2.24. The van der Waals surface area contributed by atoms with E-state index >= 15 is 0 Å². The van der Waals surface area contributed by atoms with Crippen molar-refractivity contribution in [1.29, 1.82) is 0 Å². The number of rotatable bonds is 7. The van der Waals surface area contributed by atoms with Crippen molar-refractivity contribution in [3.8, 4) is 10.4 Å². The van der Waals surface area contributed by atoms with Gasteiger partial charge >= 0.3 is 0 Å². The summed E-state index contributed by atoms with van der Waals surface area (Å²) in [5.41, 5.74) is 1.53. The Morgan fingerprint density at radius 3 is 2.19 bits per heavy atom. The Kier molecular flexibility index (Phi) is 6.03. The average molecular weight is 394 g/mol. The highest BCUT2D eigenvalue weighted by Crippen LogP contribution is 2.27. The first-order chi connectivity index (χ1) is 12.0. The summed E-state index contributed by atoms with van der Waals surface area (Å²) in [5, 5.41) is 2.69. The van der Waals surface area contributed by atoms with Crippen molar-refractivity contribution in [2.24, 2.45) is 0 Å². The van der Waals surface area contributed by atoms with Crippen LogP contribution in [0.2, 0.25) is 0 Å². The van der Waals surface area contributed by atoms with Gasteiger partial charge in [0, 0.05) is 28.1 Å². The summed E-state index contributed by atoms with van der Waals surface area (Å²) in [6.07, 6.45) is 1.08. The molecule has 0 saturated carbocycles. The third kappa shape index (κ3) is 4.40. The maximum atomic E-state index is 12.3. The highest BCUT2D eigenvalue weighted by molar-refractivity contribution is 7.92. The normalized spacial score (nSPS) is 13.8. The van der Waals surface area contributed by atoms with Gasteiger partial charge in [-0.05, 0) is 57.0 Å².